The molecule has 3 heteroatoms. The molecule has 2 heterocycles. The smallest absolute Gasteiger partial charge is 0.134 e. The quantitative estimate of drug-likeness (QED) is 0.780. The van der Waals surface area contributed by atoms with Gasteiger partial charge in [-0.25, -0.2) is 0 Å². The molecule has 0 saturated carbocycles. The van der Waals surface area contributed by atoms with Crippen molar-refractivity contribution in [1.29, 1.82) is 0 Å². The fourth-order valence-electron chi connectivity index (χ4n) is 2.65. The van der Waals surface area contributed by atoms with Gasteiger partial charge in [0.15, 0.2) is 0 Å². The first-order valence-corrected chi connectivity index (χ1v) is 7.32. The first-order chi connectivity index (χ1) is 10.2. The van der Waals surface area contributed by atoms with Crippen LogP contribution in [0, 0.1) is 13.8 Å². The predicted octanol–water partition coefficient (Wildman–Crippen LogP) is 4.14. The summed E-state index contributed by atoms with van der Waals surface area (Å²) in [6.45, 7) is 7.12. The molecule has 1 unspecified atom stereocenters. The minimum atomic E-state index is 0.0371. The second-order valence-corrected chi connectivity index (χ2v) is 5.48. The van der Waals surface area contributed by atoms with E-state index in [0.717, 1.165) is 34.4 Å². The van der Waals surface area contributed by atoms with E-state index in [2.05, 4.69) is 55.3 Å². The molecule has 1 atom stereocenters. The lowest BCUT2D eigenvalue weighted by atomic mass is 10.0. The van der Waals surface area contributed by atoms with E-state index < -0.39 is 0 Å². The van der Waals surface area contributed by atoms with Crippen LogP contribution in [0.25, 0.3) is 11.0 Å². The van der Waals surface area contributed by atoms with Gasteiger partial charge in [-0.2, -0.15) is 0 Å². The zero-order valence-corrected chi connectivity index (χ0v) is 12.7. The highest BCUT2D eigenvalue weighted by atomic mass is 16.3. The Bertz CT molecular complexity index is 761. The maximum Gasteiger partial charge on any atom is 0.134 e. The molecule has 0 aliphatic carbocycles. The first kappa shape index (κ1) is 13.8. The molecule has 1 N–H and O–H groups in total. The van der Waals surface area contributed by atoms with Crippen LogP contribution in [-0.4, -0.2) is 11.5 Å². The van der Waals surface area contributed by atoms with Crippen LogP contribution in [0.1, 0.15) is 35.4 Å². The van der Waals surface area contributed by atoms with Crippen LogP contribution < -0.4 is 5.32 Å². The fraction of sp³-hybridized carbons (Fsp3) is 0.278. The number of hydrogen-bond donors (Lipinski definition) is 1. The normalized spacial score (nSPS) is 12.7. The number of hydrogen-bond acceptors (Lipinski definition) is 3. The monoisotopic (exact) mass is 280 g/mol. The molecule has 2 aromatic heterocycles. The van der Waals surface area contributed by atoms with Crippen LogP contribution in [0.3, 0.4) is 0 Å². The first-order valence-electron chi connectivity index (χ1n) is 7.32. The zero-order valence-electron chi connectivity index (χ0n) is 12.7. The number of nitrogens with one attached hydrogen (secondary N) is 1. The summed E-state index contributed by atoms with van der Waals surface area (Å²) in [4.78, 5) is 4.30. The van der Waals surface area contributed by atoms with E-state index in [1.54, 1.807) is 0 Å². The van der Waals surface area contributed by atoms with Crippen molar-refractivity contribution >= 4 is 11.0 Å². The van der Waals surface area contributed by atoms with Crippen molar-refractivity contribution in [3.05, 3.63) is 65.2 Å². The minimum absolute atomic E-state index is 0.0371. The number of aromatic nitrogens is 1. The highest BCUT2D eigenvalue weighted by Gasteiger charge is 2.18. The summed E-state index contributed by atoms with van der Waals surface area (Å²) in [5, 5.41) is 4.63. The van der Waals surface area contributed by atoms with Crippen LogP contribution in [0.5, 0.6) is 0 Å². The van der Waals surface area contributed by atoms with Gasteiger partial charge in [0.1, 0.15) is 11.3 Å². The molecule has 1 aromatic carbocycles. The summed E-state index contributed by atoms with van der Waals surface area (Å²) in [7, 11) is 0. The molecular weight excluding hydrogens is 260 g/mol. The lowest BCUT2D eigenvalue weighted by Gasteiger charge is -2.15. The SMILES string of the molecule is CCNC(c1cncc(C)c1)c1cc2cc(C)ccc2o1. The summed E-state index contributed by atoms with van der Waals surface area (Å²) in [6, 6.07) is 10.6. The topological polar surface area (TPSA) is 38.1 Å². The van der Waals surface area contributed by atoms with E-state index in [9.17, 15) is 0 Å². The lowest BCUT2D eigenvalue weighted by molar-refractivity contribution is 0.476. The average molecular weight is 280 g/mol. The number of fused-ring (bicyclic) bond motifs is 1. The maximum absolute atomic E-state index is 6.04. The summed E-state index contributed by atoms with van der Waals surface area (Å²) < 4.78 is 6.04. The highest BCUT2D eigenvalue weighted by Crippen LogP contribution is 2.28. The Morgan fingerprint density at radius 2 is 1.95 bits per heavy atom. The van der Waals surface area contributed by atoms with Crippen LogP contribution in [0.4, 0.5) is 0 Å². The van der Waals surface area contributed by atoms with Crippen molar-refractivity contribution in [3.8, 4) is 0 Å². The van der Waals surface area contributed by atoms with Gasteiger partial charge in [-0.1, -0.05) is 24.6 Å². The van der Waals surface area contributed by atoms with E-state index >= 15 is 0 Å². The Kier molecular flexibility index (Phi) is 3.76. The summed E-state index contributed by atoms with van der Waals surface area (Å²) >= 11 is 0. The standard InChI is InChI=1S/C18H20N2O/c1-4-20-18(15-8-13(3)10-19-11-15)17-9-14-7-12(2)5-6-16(14)21-17/h5-11,18,20H,4H2,1-3H3. The van der Waals surface area contributed by atoms with Crippen molar-refractivity contribution in [2.45, 2.75) is 26.8 Å². The van der Waals surface area contributed by atoms with Gasteiger partial charge in [-0.05, 0) is 49.7 Å². The van der Waals surface area contributed by atoms with Crippen LogP contribution in [0.15, 0.2) is 47.1 Å². The van der Waals surface area contributed by atoms with E-state index in [1.165, 1.54) is 5.56 Å². The molecule has 21 heavy (non-hydrogen) atoms. The molecule has 3 aromatic rings. The molecule has 0 bridgehead atoms. The van der Waals surface area contributed by atoms with Gasteiger partial charge < -0.3 is 9.73 Å². The van der Waals surface area contributed by atoms with Crippen molar-refractivity contribution in [3.63, 3.8) is 0 Å². The van der Waals surface area contributed by atoms with E-state index in [1.807, 2.05) is 18.5 Å². The summed E-state index contributed by atoms with van der Waals surface area (Å²) in [5.41, 5.74) is 4.46. The Labute approximate surface area is 125 Å². The van der Waals surface area contributed by atoms with Crippen molar-refractivity contribution in [2.75, 3.05) is 6.54 Å². The third-order valence-corrected chi connectivity index (χ3v) is 3.61. The van der Waals surface area contributed by atoms with E-state index in [4.69, 9.17) is 4.42 Å². The van der Waals surface area contributed by atoms with E-state index in [-0.39, 0.29) is 6.04 Å². The third-order valence-electron chi connectivity index (χ3n) is 3.61. The molecule has 3 nitrogen and oxygen atoms in total. The van der Waals surface area contributed by atoms with Gasteiger partial charge in [-0.3, -0.25) is 4.98 Å². The van der Waals surface area contributed by atoms with Crippen molar-refractivity contribution in [2.24, 2.45) is 0 Å². The lowest BCUT2D eigenvalue weighted by Crippen LogP contribution is -2.21. The summed E-state index contributed by atoms with van der Waals surface area (Å²) in [6.07, 6.45) is 3.77. The number of rotatable bonds is 4. The predicted molar refractivity (Wildman–Crippen MR) is 85.4 cm³/mol. The Morgan fingerprint density at radius 1 is 1.10 bits per heavy atom. The van der Waals surface area contributed by atoms with Gasteiger partial charge >= 0.3 is 0 Å². The number of pyridine rings is 1. The average Bonchev–Trinajstić information content (AvgIpc) is 2.87. The second-order valence-electron chi connectivity index (χ2n) is 5.48. The minimum Gasteiger partial charge on any atom is -0.459 e. The third kappa shape index (κ3) is 2.83. The molecule has 0 aliphatic heterocycles. The molecule has 0 fully saturated rings. The van der Waals surface area contributed by atoms with Crippen molar-refractivity contribution in [1.82, 2.24) is 10.3 Å². The molecule has 0 radical (unpaired) electrons. The number of nitrogens with zero attached hydrogens (tertiary/aromatic N) is 1. The zero-order chi connectivity index (χ0) is 14.8. The van der Waals surface area contributed by atoms with Crippen molar-refractivity contribution < 1.29 is 4.42 Å². The number of furan rings is 1. The Morgan fingerprint density at radius 3 is 2.71 bits per heavy atom. The molecular formula is C18H20N2O. The Hall–Kier alpha value is -2.13. The molecule has 3 rings (SSSR count). The Balaban J connectivity index is 2.06. The largest absolute Gasteiger partial charge is 0.459 e. The van der Waals surface area contributed by atoms with E-state index in [0.29, 0.717) is 0 Å². The molecule has 108 valence electrons. The van der Waals surface area contributed by atoms with Crippen LogP contribution in [-0.2, 0) is 0 Å². The summed E-state index contributed by atoms with van der Waals surface area (Å²) in [5.74, 6) is 0.935. The maximum atomic E-state index is 6.04. The van der Waals surface area contributed by atoms with Gasteiger partial charge in [0.05, 0.1) is 6.04 Å². The van der Waals surface area contributed by atoms with Crippen LogP contribution >= 0.6 is 0 Å². The van der Waals surface area contributed by atoms with Gasteiger partial charge in [0.25, 0.3) is 0 Å². The van der Waals surface area contributed by atoms with Gasteiger partial charge in [-0.15, -0.1) is 0 Å². The molecule has 0 aliphatic rings. The number of aryl methyl sites for hydroxylation is 2. The van der Waals surface area contributed by atoms with Gasteiger partial charge in [0, 0.05) is 17.8 Å². The second kappa shape index (κ2) is 5.70. The molecule has 0 spiro atoms. The number of benzene rings is 1. The molecule has 0 saturated heterocycles. The van der Waals surface area contributed by atoms with Gasteiger partial charge in [0.2, 0.25) is 0 Å². The van der Waals surface area contributed by atoms with Crippen LogP contribution in [0.2, 0.25) is 0 Å². The fourth-order valence-corrected chi connectivity index (χ4v) is 2.65. The highest BCUT2D eigenvalue weighted by molar-refractivity contribution is 5.78. The molecule has 0 amide bonds.